The van der Waals surface area contributed by atoms with Crippen molar-refractivity contribution in [3.8, 4) is 0 Å². The van der Waals surface area contributed by atoms with Gasteiger partial charge in [-0.05, 0) is 56.9 Å². The number of rotatable bonds is 11. The summed E-state index contributed by atoms with van der Waals surface area (Å²) >= 11 is 0. The van der Waals surface area contributed by atoms with E-state index in [1.807, 2.05) is 0 Å². The molecule has 0 saturated heterocycles. The van der Waals surface area contributed by atoms with Crippen molar-refractivity contribution in [2.75, 3.05) is 13.2 Å². The molecule has 0 aliphatic heterocycles. The van der Waals surface area contributed by atoms with Crippen molar-refractivity contribution in [1.29, 1.82) is 0 Å². The van der Waals surface area contributed by atoms with Crippen LogP contribution < -0.4 is 0 Å². The summed E-state index contributed by atoms with van der Waals surface area (Å²) in [6.07, 6.45) is 6.10. The Morgan fingerprint density at radius 2 is 1.21 bits per heavy atom. The first-order valence-electron chi connectivity index (χ1n) is 11.9. The van der Waals surface area contributed by atoms with Gasteiger partial charge in [0, 0.05) is 30.4 Å². The molecule has 0 aromatic carbocycles. The van der Waals surface area contributed by atoms with E-state index in [2.05, 4.69) is 0 Å². The maximum atomic E-state index is 10.8. The lowest BCUT2D eigenvalue weighted by molar-refractivity contribution is -0.153. The predicted molar refractivity (Wildman–Crippen MR) is 133 cm³/mol. The first-order chi connectivity index (χ1) is 17.4. The number of carboxylic acids is 5. The van der Waals surface area contributed by atoms with Crippen LogP contribution in [-0.2, 0) is 24.0 Å². The molecule has 1 saturated carbocycles. The molecule has 13 nitrogen and oxygen atoms in total. The zero-order chi connectivity index (χ0) is 30.1. The third-order valence-electron chi connectivity index (χ3n) is 5.57. The Labute approximate surface area is 220 Å². The standard InChI is InChI=1S/C10H14O3.C6H10O4.C5H12O2.C4H4O4/c1-10(13,9(11)12)8-5-6-2-3-7(8)4-6;7-5(8)3-1-2-4-6(9)10;1-5(2,3-6)4-7;5-3(6)1-2-4(7)8/h6,13H,2-5H2,1H3,(H,11,12);1-4H2,(H,7,8)(H,9,10);6-7H,3-4H2,1-2H3;1-2H,(H,5,6)(H,7,8)/b;;;2-1-. The predicted octanol–water partition coefficient (Wildman–Crippen LogP) is 1.75. The Bertz CT molecular complexity index is 830. The van der Waals surface area contributed by atoms with Crippen molar-refractivity contribution in [2.24, 2.45) is 11.3 Å². The van der Waals surface area contributed by atoms with E-state index in [1.54, 1.807) is 13.8 Å². The summed E-state index contributed by atoms with van der Waals surface area (Å²) in [6, 6.07) is 0. The van der Waals surface area contributed by atoms with Crippen molar-refractivity contribution in [1.82, 2.24) is 0 Å². The van der Waals surface area contributed by atoms with Crippen LogP contribution in [0.15, 0.2) is 23.3 Å². The Balaban J connectivity index is 0. The molecule has 2 aliphatic rings. The molecule has 218 valence electrons. The molecule has 0 amide bonds. The molecule has 8 N–H and O–H groups in total. The molecule has 0 aromatic rings. The summed E-state index contributed by atoms with van der Waals surface area (Å²) in [5, 5.41) is 67.4. The van der Waals surface area contributed by atoms with Gasteiger partial charge in [-0.15, -0.1) is 0 Å². The van der Waals surface area contributed by atoms with E-state index >= 15 is 0 Å². The first kappa shape index (κ1) is 36.9. The summed E-state index contributed by atoms with van der Waals surface area (Å²) in [5.74, 6) is -4.77. The molecule has 2 bridgehead atoms. The van der Waals surface area contributed by atoms with Gasteiger partial charge < -0.3 is 40.9 Å². The first-order valence-corrected chi connectivity index (χ1v) is 11.9. The average molecular weight is 549 g/mol. The van der Waals surface area contributed by atoms with Crippen molar-refractivity contribution in [2.45, 2.75) is 77.7 Å². The van der Waals surface area contributed by atoms with Crippen LogP contribution in [0.3, 0.4) is 0 Å². The Hall–Kier alpha value is -3.29. The minimum atomic E-state index is -1.62. The van der Waals surface area contributed by atoms with Crippen molar-refractivity contribution in [3.05, 3.63) is 23.3 Å². The molecule has 38 heavy (non-hydrogen) atoms. The smallest absolute Gasteiger partial charge is 0.339 e. The number of aliphatic hydroxyl groups is 3. The molecular weight excluding hydrogens is 508 g/mol. The Kier molecular flexibility index (Phi) is 17.5. The Morgan fingerprint density at radius 1 is 0.789 bits per heavy atom. The van der Waals surface area contributed by atoms with E-state index in [1.165, 1.54) is 18.9 Å². The van der Waals surface area contributed by atoms with E-state index in [0.29, 0.717) is 30.9 Å². The fourth-order valence-electron chi connectivity index (χ4n) is 3.23. The van der Waals surface area contributed by atoms with E-state index < -0.39 is 35.4 Å². The zero-order valence-electron chi connectivity index (χ0n) is 21.9. The lowest BCUT2D eigenvalue weighted by Crippen LogP contribution is -2.37. The quantitative estimate of drug-likeness (QED) is 0.104. The van der Waals surface area contributed by atoms with Gasteiger partial charge in [-0.1, -0.05) is 19.4 Å². The van der Waals surface area contributed by atoms with Gasteiger partial charge in [0.2, 0.25) is 0 Å². The largest absolute Gasteiger partial charge is 0.481 e. The van der Waals surface area contributed by atoms with Gasteiger partial charge in [0.25, 0.3) is 0 Å². The maximum Gasteiger partial charge on any atom is 0.339 e. The monoisotopic (exact) mass is 548 g/mol. The normalized spacial score (nSPS) is 17.2. The van der Waals surface area contributed by atoms with E-state index in [9.17, 15) is 29.1 Å². The zero-order valence-corrected chi connectivity index (χ0v) is 21.9. The summed E-state index contributed by atoms with van der Waals surface area (Å²) in [4.78, 5) is 49.7. The highest BCUT2D eigenvalue weighted by Gasteiger charge is 2.43. The Morgan fingerprint density at radius 3 is 1.42 bits per heavy atom. The molecular formula is C25H40O13. The number of carbonyl (C=O) groups is 5. The highest BCUT2D eigenvalue weighted by Crippen LogP contribution is 2.47. The molecule has 0 heterocycles. The van der Waals surface area contributed by atoms with Crippen LogP contribution in [0.25, 0.3) is 0 Å². The molecule has 2 unspecified atom stereocenters. The van der Waals surface area contributed by atoms with Gasteiger partial charge in [-0.2, -0.15) is 0 Å². The van der Waals surface area contributed by atoms with Gasteiger partial charge in [0.15, 0.2) is 5.60 Å². The maximum absolute atomic E-state index is 10.8. The van der Waals surface area contributed by atoms with Gasteiger partial charge in [0.05, 0.1) is 13.2 Å². The topological polar surface area (TPSA) is 247 Å². The van der Waals surface area contributed by atoms with Gasteiger partial charge in [-0.3, -0.25) is 9.59 Å². The summed E-state index contributed by atoms with van der Waals surface area (Å²) in [5.41, 5.74) is 0.0403. The van der Waals surface area contributed by atoms with Crippen LogP contribution in [-0.4, -0.2) is 89.5 Å². The second-order valence-corrected chi connectivity index (χ2v) is 9.76. The van der Waals surface area contributed by atoms with Crippen molar-refractivity contribution in [3.63, 3.8) is 0 Å². The second kappa shape index (κ2) is 18.0. The molecule has 2 aliphatic carbocycles. The highest BCUT2D eigenvalue weighted by atomic mass is 16.4. The molecule has 13 heteroatoms. The number of hydrogen-bond donors (Lipinski definition) is 8. The van der Waals surface area contributed by atoms with Gasteiger partial charge >= 0.3 is 29.8 Å². The lowest BCUT2D eigenvalue weighted by Gasteiger charge is -2.24. The van der Waals surface area contributed by atoms with Crippen LogP contribution in [0.4, 0.5) is 0 Å². The molecule has 0 aromatic heterocycles. The second-order valence-electron chi connectivity index (χ2n) is 9.76. The molecule has 0 radical (unpaired) electrons. The van der Waals surface area contributed by atoms with Crippen LogP contribution in [0.2, 0.25) is 0 Å². The van der Waals surface area contributed by atoms with Gasteiger partial charge in [-0.25, -0.2) is 14.4 Å². The van der Waals surface area contributed by atoms with E-state index in [-0.39, 0.29) is 31.5 Å². The lowest BCUT2D eigenvalue weighted by atomic mass is 9.87. The van der Waals surface area contributed by atoms with Crippen LogP contribution >= 0.6 is 0 Å². The molecule has 0 spiro atoms. The number of aliphatic carboxylic acids is 5. The number of fused-ring (bicyclic) bond motifs is 2. The number of aliphatic hydroxyl groups excluding tert-OH is 2. The van der Waals surface area contributed by atoms with Crippen LogP contribution in [0, 0.1) is 11.3 Å². The third-order valence-corrected chi connectivity index (χ3v) is 5.57. The molecule has 2 rings (SSSR count). The SMILES string of the molecule is CC(C)(CO)CO.CC(O)(C(=O)O)C1=C2CCC(C2)C1.O=C(O)/C=C\C(=O)O.O=C(O)CCCCC(=O)O. The van der Waals surface area contributed by atoms with Crippen LogP contribution in [0.1, 0.15) is 72.1 Å². The summed E-state index contributed by atoms with van der Waals surface area (Å²) < 4.78 is 0. The number of allylic oxidation sites excluding steroid dienone is 1. The van der Waals surface area contributed by atoms with E-state index in [4.69, 9.17) is 35.7 Å². The van der Waals surface area contributed by atoms with E-state index in [0.717, 1.165) is 24.8 Å². The molecule has 2 atom stereocenters. The number of hydrogen-bond acceptors (Lipinski definition) is 8. The molecule has 1 fully saturated rings. The number of carboxylic acid groups (broad SMARTS) is 5. The van der Waals surface area contributed by atoms with Gasteiger partial charge in [0.1, 0.15) is 0 Å². The highest BCUT2D eigenvalue weighted by molar-refractivity contribution is 5.89. The minimum absolute atomic E-state index is 0.0451. The summed E-state index contributed by atoms with van der Waals surface area (Å²) in [6.45, 7) is 5.07. The fraction of sp³-hybridized carbons (Fsp3) is 0.640. The average Bonchev–Trinajstić information content (AvgIpc) is 3.46. The van der Waals surface area contributed by atoms with Crippen LogP contribution in [0.5, 0.6) is 0 Å². The number of unbranched alkanes of at least 4 members (excludes halogenated alkanes) is 1. The minimum Gasteiger partial charge on any atom is -0.481 e. The summed E-state index contributed by atoms with van der Waals surface area (Å²) in [7, 11) is 0. The third kappa shape index (κ3) is 17.2. The van der Waals surface area contributed by atoms with Crippen molar-refractivity contribution >= 4 is 29.8 Å². The fourth-order valence-corrected chi connectivity index (χ4v) is 3.23. The van der Waals surface area contributed by atoms with Crippen molar-refractivity contribution < 1.29 is 64.8 Å².